The third kappa shape index (κ3) is 4.34. The van der Waals surface area contributed by atoms with Crippen molar-refractivity contribution in [2.45, 2.75) is 19.9 Å². The molecule has 0 aliphatic heterocycles. The monoisotopic (exact) mass is 308 g/mol. The number of aryl methyl sites for hydroxylation is 1. The number of hydrogen-bond donors (Lipinski definition) is 2. The van der Waals surface area contributed by atoms with E-state index in [0.717, 1.165) is 0 Å². The van der Waals surface area contributed by atoms with Crippen molar-refractivity contribution in [2.75, 3.05) is 11.9 Å². The minimum atomic E-state index is -0.0765. The van der Waals surface area contributed by atoms with Crippen LogP contribution >= 0.6 is 22.9 Å². The van der Waals surface area contributed by atoms with Crippen LogP contribution in [0.4, 0.5) is 5.69 Å². The Morgan fingerprint density at radius 1 is 1.35 bits per heavy atom. The van der Waals surface area contributed by atoms with Crippen LogP contribution in [0.2, 0.25) is 5.02 Å². The highest BCUT2D eigenvalue weighted by molar-refractivity contribution is 7.12. The van der Waals surface area contributed by atoms with Crippen molar-refractivity contribution >= 4 is 34.5 Å². The largest absolute Gasteiger partial charge is 0.325 e. The Hall–Kier alpha value is -1.36. The normalized spacial score (nSPS) is 12.2. The Bertz CT molecular complexity index is 597. The third-order valence-corrected chi connectivity index (χ3v) is 4.28. The number of carbonyl (C=O) groups is 1. The average Bonchev–Trinajstić information content (AvgIpc) is 2.83. The van der Waals surface area contributed by atoms with Gasteiger partial charge in [-0.2, -0.15) is 0 Å². The number of halogens is 1. The Morgan fingerprint density at radius 2 is 2.15 bits per heavy atom. The van der Waals surface area contributed by atoms with Crippen LogP contribution in [0.5, 0.6) is 0 Å². The second-order valence-corrected chi connectivity index (χ2v) is 6.37. The number of thiophene rings is 1. The second-order valence-electron chi connectivity index (χ2n) is 4.61. The summed E-state index contributed by atoms with van der Waals surface area (Å²) in [6, 6.07) is 11.5. The molecule has 5 heteroatoms. The van der Waals surface area contributed by atoms with Crippen LogP contribution in [0.25, 0.3) is 0 Å². The molecular formula is C15H17ClN2OS. The molecule has 106 valence electrons. The molecule has 0 aliphatic rings. The minimum absolute atomic E-state index is 0.0765. The van der Waals surface area contributed by atoms with Gasteiger partial charge in [0.25, 0.3) is 0 Å². The first kappa shape index (κ1) is 15.0. The van der Waals surface area contributed by atoms with Gasteiger partial charge in [0.2, 0.25) is 5.91 Å². The van der Waals surface area contributed by atoms with Crippen molar-refractivity contribution in [3.63, 3.8) is 0 Å². The SMILES string of the molecule is Cc1ccc(C(C)NCC(=O)Nc2cccc(Cl)c2)s1. The van der Waals surface area contributed by atoms with E-state index in [4.69, 9.17) is 11.6 Å². The lowest BCUT2D eigenvalue weighted by atomic mass is 10.2. The molecule has 0 bridgehead atoms. The summed E-state index contributed by atoms with van der Waals surface area (Å²) in [5.74, 6) is -0.0765. The average molecular weight is 309 g/mol. The van der Waals surface area contributed by atoms with E-state index in [1.807, 2.05) is 12.1 Å². The van der Waals surface area contributed by atoms with E-state index in [9.17, 15) is 4.79 Å². The van der Waals surface area contributed by atoms with E-state index in [-0.39, 0.29) is 18.5 Å². The lowest BCUT2D eigenvalue weighted by Gasteiger charge is -2.12. The number of carbonyl (C=O) groups excluding carboxylic acids is 1. The van der Waals surface area contributed by atoms with Crippen molar-refractivity contribution in [3.8, 4) is 0 Å². The van der Waals surface area contributed by atoms with E-state index in [1.165, 1.54) is 9.75 Å². The summed E-state index contributed by atoms with van der Waals surface area (Å²) in [7, 11) is 0. The molecule has 0 spiro atoms. The number of benzene rings is 1. The van der Waals surface area contributed by atoms with Gasteiger partial charge in [0, 0.05) is 26.5 Å². The fourth-order valence-corrected chi connectivity index (χ4v) is 2.90. The lowest BCUT2D eigenvalue weighted by Crippen LogP contribution is -2.29. The van der Waals surface area contributed by atoms with Gasteiger partial charge in [0.15, 0.2) is 0 Å². The van der Waals surface area contributed by atoms with Gasteiger partial charge in [-0.25, -0.2) is 0 Å². The molecular weight excluding hydrogens is 292 g/mol. The zero-order valence-corrected chi connectivity index (χ0v) is 13.0. The molecule has 0 aliphatic carbocycles. The lowest BCUT2D eigenvalue weighted by molar-refractivity contribution is -0.115. The molecule has 0 fully saturated rings. The summed E-state index contributed by atoms with van der Waals surface area (Å²) in [5.41, 5.74) is 0.712. The van der Waals surface area contributed by atoms with Crippen molar-refractivity contribution < 1.29 is 4.79 Å². The highest BCUT2D eigenvalue weighted by atomic mass is 35.5. The number of anilines is 1. The molecule has 2 N–H and O–H groups in total. The summed E-state index contributed by atoms with van der Waals surface area (Å²) in [6.45, 7) is 4.40. The molecule has 1 aromatic heterocycles. The first-order chi connectivity index (χ1) is 9.54. The van der Waals surface area contributed by atoms with Gasteiger partial charge in [-0.15, -0.1) is 11.3 Å². The quantitative estimate of drug-likeness (QED) is 0.876. The second kappa shape index (κ2) is 6.88. The number of nitrogens with one attached hydrogen (secondary N) is 2. The zero-order valence-electron chi connectivity index (χ0n) is 11.4. The van der Waals surface area contributed by atoms with Crippen LogP contribution in [-0.2, 0) is 4.79 Å². The maximum Gasteiger partial charge on any atom is 0.238 e. The van der Waals surface area contributed by atoms with E-state index in [2.05, 4.69) is 36.6 Å². The number of amides is 1. The fraction of sp³-hybridized carbons (Fsp3) is 0.267. The van der Waals surface area contributed by atoms with E-state index < -0.39 is 0 Å². The van der Waals surface area contributed by atoms with Crippen molar-refractivity contribution in [3.05, 3.63) is 51.2 Å². The maximum absolute atomic E-state index is 11.9. The maximum atomic E-state index is 11.9. The highest BCUT2D eigenvalue weighted by Gasteiger charge is 2.09. The van der Waals surface area contributed by atoms with Crippen LogP contribution in [0.3, 0.4) is 0 Å². The molecule has 1 unspecified atom stereocenters. The summed E-state index contributed by atoms with van der Waals surface area (Å²) >= 11 is 7.61. The summed E-state index contributed by atoms with van der Waals surface area (Å²) in [4.78, 5) is 14.4. The number of rotatable bonds is 5. The van der Waals surface area contributed by atoms with E-state index in [1.54, 1.807) is 23.5 Å². The van der Waals surface area contributed by atoms with E-state index >= 15 is 0 Å². The molecule has 2 rings (SSSR count). The minimum Gasteiger partial charge on any atom is -0.325 e. The smallest absolute Gasteiger partial charge is 0.238 e. The van der Waals surface area contributed by atoms with Gasteiger partial charge in [-0.05, 0) is 44.2 Å². The first-order valence-corrected chi connectivity index (χ1v) is 7.59. The van der Waals surface area contributed by atoms with Gasteiger partial charge in [-0.3, -0.25) is 4.79 Å². The molecule has 3 nitrogen and oxygen atoms in total. The molecule has 1 atom stereocenters. The molecule has 0 saturated heterocycles. The number of hydrogen-bond acceptors (Lipinski definition) is 3. The van der Waals surface area contributed by atoms with Crippen molar-refractivity contribution in [1.82, 2.24) is 5.32 Å². The molecule has 0 radical (unpaired) electrons. The van der Waals surface area contributed by atoms with Crippen molar-refractivity contribution in [1.29, 1.82) is 0 Å². The Balaban J connectivity index is 1.83. The molecule has 0 saturated carbocycles. The van der Waals surface area contributed by atoms with Gasteiger partial charge in [0.05, 0.1) is 6.54 Å². The predicted molar refractivity (Wildman–Crippen MR) is 85.6 cm³/mol. The van der Waals surface area contributed by atoms with Gasteiger partial charge < -0.3 is 10.6 Å². The standard InChI is InChI=1S/C15H17ClN2OS/c1-10-6-7-14(20-10)11(2)17-9-15(19)18-13-5-3-4-12(16)8-13/h3-8,11,17H,9H2,1-2H3,(H,18,19). The Labute approximate surface area is 128 Å². The molecule has 1 aromatic carbocycles. The Kier molecular flexibility index (Phi) is 5.17. The van der Waals surface area contributed by atoms with E-state index in [0.29, 0.717) is 10.7 Å². The van der Waals surface area contributed by atoms with Crippen molar-refractivity contribution in [2.24, 2.45) is 0 Å². The fourth-order valence-electron chi connectivity index (χ4n) is 1.80. The Morgan fingerprint density at radius 3 is 2.80 bits per heavy atom. The summed E-state index contributed by atoms with van der Waals surface area (Å²) in [5, 5.41) is 6.63. The molecule has 1 amide bonds. The van der Waals surface area contributed by atoms with Gasteiger partial charge in [0.1, 0.15) is 0 Å². The third-order valence-electron chi connectivity index (χ3n) is 2.87. The van der Waals surface area contributed by atoms with Gasteiger partial charge >= 0.3 is 0 Å². The molecule has 1 heterocycles. The zero-order chi connectivity index (χ0) is 14.5. The van der Waals surface area contributed by atoms with Crippen LogP contribution in [0, 0.1) is 6.92 Å². The van der Waals surface area contributed by atoms with Gasteiger partial charge in [-0.1, -0.05) is 17.7 Å². The summed E-state index contributed by atoms with van der Waals surface area (Å²) in [6.07, 6.45) is 0. The highest BCUT2D eigenvalue weighted by Crippen LogP contribution is 2.22. The molecule has 2 aromatic rings. The summed E-state index contributed by atoms with van der Waals surface area (Å²) < 4.78 is 0. The van der Waals surface area contributed by atoms with Crippen LogP contribution < -0.4 is 10.6 Å². The van der Waals surface area contributed by atoms with Crippen LogP contribution in [0.15, 0.2) is 36.4 Å². The molecule has 20 heavy (non-hydrogen) atoms. The van der Waals surface area contributed by atoms with Crippen LogP contribution in [0.1, 0.15) is 22.7 Å². The topological polar surface area (TPSA) is 41.1 Å². The first-order valence-electron chi connectivity index (χ1n) is 6.40. The van der Waals surface area contributed by atoms with Crippen LogP contribution in [-0.4, -0.2) is 12.5 Å². The predicted octanol–water partition coefficient (Wildman–Crippen LogP) is 4.00.